The number of hydrogen-bond acceptors (Lipinski definition) is 3. The van der Waals surface area contributed by atoms with Crippen molar-refractivity contribution in [2.24, 2.45) is 0 Å². The molecule has 3 heteroatoms. The van der Waals surface area contributed by atoms with Crippen molar-refractivity contribution in [2.45, 2.75) is 13.3 Å². The summed E-state index contributed by atoms with van der Waals surface area (Å²) in [5, 5.41) is 9.01. The van der Waals surface area contributed by atoms with E-state index in [1.54, 1.807) is 6.07 Å². The van der Waals surface area contributed by atoms with Crippen molar-refractivity contribution < 1.29 is 4.74 Å². The molecule has 0 aliphatic heterocycles. The molecule has 0 spiro atoms. The third kappa shape index (κ3) is 4.25. The van der Waals surface area contributed by atoms with Crippen LogP contribution >= 0.6 is 0 Å². The molecule has 0 amide bonds. The summed E-state index contributed by atoms with van der Waals surface area (Å²) >= 11 is 0. The predicted molar refractivity (Wildman–Crippen MR) is 85.6 cm³/mol. The van der Waals surface area contributed by atoms with Gasteiger partial charge in [-0.25, -0.2) is 0 Å². The molecule has 3 nitrogen and oxygen atoms in total. The van der Waals surface area contributed by atoms with Gasteiger partial charge in [0.25, 0.3) is 0 Å². The van der Waals surface area contributed by atoms with Gasteiger partial charge in [0, 0.05) is 18.8 Å². The van der Waals surface area contributed by atoms with Gasteiger partial charge in [0.05, 0.1) is 12.2 Å². The van der Waals surface area contributed by atoms with E-state index in [4.69, 9.17) is 10.00 Å². The van der Waals surface area contributed by atoms with Crippen LogP contribution in [0.4, 0.5) is 5.69 Å². The van der Waals surface area contributed by atoms with Gasteiger partial charge >= 0.3 is 0 Å². The van der Waals surface area contributed by atoms with Gasteiger partial charge in [-0.2, -0.15) is 5.26 Å². The van der Waals surface area contributed by atoms with Gasteiger partial charge in [0.1, 0.15) is 11.8 Å². The van der Waals surface area contributed by atoms with Crippen LogP contribution in [0.5, 0.6) is 5.75 Å². The first-order valence-electron chi connectivity index (χ1n) is 7.27. The van der Waals surface area contributed by atoms with Crippen LogP contribution in [0.3, 0.4) is 0 Å². The Morgan fingerprint density at radius 1 is 1.05 bits per heavy atom. The van der Waals surface area contributed by atoms with Crippen LogP contribution in [-0.4, -0.2) is 19.7 Å². The third-order valence-corrected chi connectivity index (χ3v) is 3.34. The summed E-state index contributed by atoms with van der Waals surface area (Å²) in [6, 6.07) is 19.9. The minimum Gasteiger partial charge on any atom is -0.492 e. The number of anilines is 1. The Morgan fingerprint density at radius 3 is 2.48 bits per heavy atom. The maximum absolute atomic E-state index is 9.01. The fraction of sp³-hybridized carbons (Fsp3) is 0.278. The fourth-order valence-electron chi connectivity index (χ4n) is 2.23. The molecule has 0 saturated heterocycles. The first-order chi connectivity index (χ1) is 10.3. The van der Waals surface area contributed by atoms with E-state index in [0.717, 1.165) is 19.5 Å². The molecule has 108 valence electrons. The Kier molecular flexibility index (Phi) is 5.66. The second-order valence-electron chi connectivity index (χ2n) is 4.73. The van der Waals surface area contributed by atoms with Crippen LogP contribution in [-0.2, 0) is 0 Å². The van der Waals surface area contributed by atoms with Crippen LogP contribution in [0, 0.1) is 11.3 Å². The maximum atomic E-state index is 9.01. The van der Waals surface area contributed by atoms with E-state index in [9.17, 15) is 0 Å². The van der Waals surface area contributed by atoms with Crippen molar-refractivity contribution in [3.05, 3.63) is 60.2 Å². The van der Waals surface area contributed by atoms with Crippen molar-refractivity contribution in [3.63, 3.8) is 0 Å². The molecule has 0 unspecified atom stereocenters. The average molecular weight is 280 g/mol. The molecule has 0 aliphatic carbocycles. The normalized spacial score (nSPS) is 9.90. The highest BCUT2D eigenvalue weighted by Crippen LogP contribution is 2.17. The van der Waals surface area contributed by atoms with Crippen LogP contribution in [0.25, 0.3) is 0 Å². The van der Waals surface area contributed by atoms with Gasteiger partial charge in [-0.05, 0) is 37.6 Å². The zero-order valence-electron chi connectivity index (χ0n) is 12.3. The van der Waals surface area contributed by atoms with Gasteiger partial charge < -0.3 is 9.64 Å². The van der Waals surface area contributed by atoms with Gasteiger partial charge in [0.15, 0.2) is 0 Å². The second kappa shape index (κ2) is 7.96. The summed E-state index contributed by atoms with van der Waals surface area (Å²) in [7, 11) is 0. The lowest BCUT2D eigenvalue weighted by Gasteiger charge is -2.23. The first kappa shape index (κ1) is 14.9. The fourth-order valence-corrected chi connectivity index (χ4v) is 2.23. The molecule has 0 N–H and O–H groups in total. The molecule has 0 saturated carbocycles. The first-order valence-corrected chi connectivity index (χ1v) is 7.27. The number of benzene rings is 2. The molecule has 0 atom stereocenters. The van der Waals surface area contributed by atoms with Crippen molar-refractivity contribution >= 4 is 5.69 Å². The Bertz CT molecular complexity index is 590. The molecule has 2 rings (SSSR count). The highest BCUT2D eigenvalue weighted by atomic mass is 16.5. The number of para-hydroxylation sites is 2. The molecule has 2 aromatic rings. The van der Waals surface area contributed by atoms with E-state index in [1.807, 2.05) is 24.3 Å². The molecule has 0 bridgehead atoms. The Hall–Kier alpha value is -2.47. The Morgan fingerprint density at radius 2 is 1.76 bits per heavy atom. The van der Waals surface area contributed by atoms with E-state index in [2.05, 4.69) is 42.2 Å². The Labute approximate surface area is 126 Å². The second-order valence-corrected chi connectivity index (χ2v) is 4.73. The lowest BCUT2D eigenvalue weighted by atomic mass is 10.2. The molecule has 0 radical (unpaired) electrons. The number of ether oxygens (including phenoxy) is 1. The summed E-state index contributed by atoms with van der Waals surface area (Å²) in [6.45, 7) is 4.68. The van der Waals surface area contributed by atoms with E-state index in [1.165, 1.54) is 5.69 Å². The van der Waals surface area contributed by atoms with Crippen molar-refractivity contribution in [1.29, 1.82) is 5.26 Å². The number of nitriles is 1. The van der Waals surface area contributed by atoms with Crippen LogP contribution in [0.2, 0.25) is 0 Å². The van der Waals surface area contributed by atoms with Crippen LogP contribution < -0.4 is 9.64 Å². The highest BCUT2D eigenvalue weighted by Gasteiger charge is 2.04. The molecular weight excluding hydrogens is 260 g/mol. The van der Waals surface area contributed by atoms with Crippen molar-refractivity contribution in [2.75, 3.05) is 24.6 Å². The van der Waals surface area contributed by atoms with E-state index in [-0.39, 0.29) is 0 Å². The minimum absolute atomic E-state index is 0.591. The van der Waals surface area contributed by atoms with Crippen molar-refractivity contribution in [3.8, 4) is 11.8 Å². The van der Waals surface area contributed by atoms with E-state index >= 15 is 0 Å². The molecule has 0 heterocycles. The summed E-state index contributed by atoms with van der Waals surface area (Å²) in [4.78, 5) is 2.32. The molecular formula is C18H20N2O. The molecule has 0 aliphatic rings. The Balaban J connectivity index is 1.83. The van der Waals surface area contributed by atoms with Gasteiger partial charge in [0.2, 0.25) is 0 Å². The number of hydrogen-bond donors (Lipinski definition) is 0. The van der Waals surface area contributed by atoms with Crippen LogP contribution in [0.1, 0.15) is 18.9 Å². The number of rotatable bonds is 7. The molecule has 0 fully saturated rings. The monoisotopic (exact) mass is 280 g/mol. The lowest BCUT2D eigenvalue weighted by molar-refractivity contribution is 0.311. The van der Waals surface area contributed by atoms with E-state index < -0.39 is 0 Å². The topological polar surface area (TPSA) is 36.3 Å². The highest BCUT2D eigenvalue weighted by molar-refractivity contribution is 5.45. The molecule has 21 heavy (non-hydrogen) atoms. The third-order valence-electron chi connectivity index (χ3n) is 3.34. The van der Waals surface area contributed by atoms with Crippen LogP contribution in [0.15, 0.2) is 54.6 Å². The SMILES string of the molecule is CCN(CCCOc1ccccc1C#N)c1ccccc1. The standard InChI is InChI=1S/C18H20N2O/c1-2-20(17-10-4-3-5-11-17)13-8-14-21-18-12-7-6-9-16(18)15-19/h3-7,9-12H,2,8,13-14H2,1H3. The maximum Gasteiger partial charge on any atom is 0.137 e. The zero-order chi connectivity index (χ0) is 14.9. The van der Waals surface area contributed by atoms with Gasteiger partial charge in [-0.15, -0.1) is 0 Å². The predicted octanol–water partition coefficient (Wildman–Crippen LogP) is 3.85. The summed E-state index contributed by atoms with van der Waals surface area (Å²) in [5.41, 5.74) is 1.82. The summed E-state index contributed by atoms with van der Waals surface area (Å²) in [5.74, 6) is 0.669. The smallest absolute Gasteiger partial charge is 0.137 e. The zero-order valence-corrected chi connectivity index (χ0v) is 12.3. The quantitative estimate of drug-likeness (QED) is 0.723. The van der Waals surface area contributed by atoms with Gasteiger partial charge in [-0.3, -0.25) is 0 Å². The van der Waals surface area contributed by atoms with Gasteiger partial charge in [-0.1, -0.05) is 30.3 Å². The minimum atomic E-state index is 0.591. The largest absolute Gasteiger partial charge is 0.492 e. The molecule has 2 aromatic carbocycles. The summed E-state index contributed by atoms with van der Waals surface area (Å²) in [6.07, 6.45) is 0.919. The number of nitrogens with zero attached hydrogens (tertiary/aromatic N) is 2. The summed E-state index contributed by atoms with van der Waals surface area (Å²) < 4.78 is 5.71. The van der Waals surface area contributed by atoms with Crippen molar-refractivity contribution in [1.82, 2.24) is 0 Å². The van der Waals surface area contributed by atoms with E-state index in [0.29, 0.717) is 17.9 Å². The lowest BCUT2D eigenvalue weighted by Crippen LogP contribution is -2.25. The molecule has 0 aromatic heterocycles. The average Bonchev–Trinajstić information content (AvgIpc) is 2.56.